The molecule has 96 valence electrons. The van der Waals surface area contributed by atoms with Crippen molar-refractivity contribution in [1.82, 2.24) is 18.3 Å². The van der Waals surface area contributed by atoms with Gasteiger partial charge in [-0.05, 0) is 12.1 Å². The van der Waals surface area contributed by atoms with Crippen molar-refractivity contribution in [2.45, 2.75) is 6.61 Å². The van der Waals surface area contributed by atoms with Crippen LogP contribution in [0.3, 0.4) is 0 Å². The molecule has 0 fully saturated rings. The molecule has 3 rings (SSSR count). The molecule has 2 amide bonds. The smallest absolute Gasteiger partial charge is 0.266 e. The van der Waals surface area contributed by atoms with Crippen molar-refractivity contribution in [1.29, 1.82) is 0 Å². The number of rotatable bonds is 3. The van der Waals surface area contributed by atoms with Gasteiger partial charge in [-0.2, -0.15) is 2.90 Å². The second-order valence-electron chi connectivity index (χ2n) is 3.82. The molecule has 1 aliphatic rings. The van der Waals surface area contributed by atoms with Crippen LogP contribution >= 0.6 is 22.9 Å². The maximum Gasteiger partial charge on any atom is 0.285 e. The van der Waals surface area contributed by atoms with Crippen LogP contribution in [0.25, 0.3) is 0 Å². The minimum absolute atomic E-state index is 0.00840. The number of nitrogens with zero attached hydrogens (tertiary/aromatic N) is 4. The second-order valence-corrected chi connectivity index (χ2v) is 4.81. The quantitative estimate of drug-likeness (QED) is 0.600. The van der Waals surface area contributed by atoms with Crippen molar-refractivity contribution in [2.75, 3.05) is 0 Å². The standard InChI is InChI=1S/C11H7IN4O3/c12-15-5-7(13-14-15)6-19-16-10(17)8-3-1-2-4-9(8)11(16)18/h1-5H,6H2. The maximum atomic E-state index is 12.0. The number of amides is 2. The number of hydroxylamine groups is 2. The molecular formula is C11H7IN4O3. The van der Waals surface area contributed by atoms with Crippen LogP contribution in [0.2, 0.25) is 0 Å². The Kier molecular flexibility index (Phi) is 3.03. The summed E-state index contributed by atoms with van der Waals surface area (Å²) in [5.74, 6) is -0.912. The fourth-order valence-corrected chi connectivity index (χ4v) is 2.17. The van der Waals surface area contributed by atoms with E-state index in [0.717, 1.165) is 5.06 Å². The van der Waals surface area contributed by atoms with Gasteiger partial charge in [-0.15, -0.1) is 10.2 Å². The van der Waals surface area contributed by atoms with Crippen molar-refractivity contribution < 1.29 is 14.4 Å². The summed E-state index contributed by atoms with van der Waals surface area (Å²) in [6, 6.07) is 6.60. The summed E-state index contributed by atoms with van der Waals surface area (Å²) >= 11 is 1.94. The van der Waals surface area contributed by atoms with E-state index in [1.807, 2.05) is 22.9 Å². The Morgan fingerprint density at radius 2 is 1.79 bits per heavy atom. The van der Waals surface area contributed by atoms with Crippen LogP contribution < -0.4 is 0 Å². The lowest BCUT2D eigenvalue weighted by atomic mass is 10.1. The molecule has 8 heteroatoms. The summed E-state index contributed by atoms with van der Waals surface area (Å²) in [5, 5.41) is 8.29. The number of imide groups is 1. The lowest BCUT2D eigenvalue weighted by Crippen LogP contribution is -2.29. The van der Waals surface area contributed by atoms with Gasteiger partial charge in [0.1, 0.15) is 12.3 Å². The van der Waals surface area contributed by atoms with Gasteiger partial charge in [0.15, 0.2) is 0 Å². The van der Waals surface area contributed by atoms with Gasteiger partial charge in [0.2, 0.25) is 0 Å². The van der Waals surface area contributed by atoms with Crippen LogP contribution in [0.1, 0.15) is 26.4 Å². The highest BCUT2D eigenvalue weighted by Crippen LogP contribution is 2.23. The van der Waals surface area contributed by atoms with Crippen LogP contribution in [0.15, 0.2) is 30.5 Å². The van der Waals surface area contributed by atoms with Gasteiger partial charge in [-0.1, -0.05) is 17.3 Å². The van der Waals surface area contributed by atoms with Gasteiger partial charge in [0.25, 0.3) is 11.8 Å². The molecule has 7 nitrogen and oxygen atoms in total. The van der Waals surface area contributed by atoms with Crippen LogP contribution in [0.4, 0.5) is 0 Å². The number of halogens is 1. The lowest BCUT2D eigenvalue weighted by Gasteiger charge is -2.11. The Balaban J connectivity index is 1.77. The van der Waals surface area contributed by atoms with Gasteiger partial charge in [0.05, 0.1) is 40.2 Å². The molecule has 0 atom stereocenters. The highest BCUT2D eigenvalue weighted by Gasteiger charge is 2.36. The zero-order valence-electron chi connectivity index (χ0n) is 9.49. The summed E-state index contributed by atoms with van der Waals surface area (Å²) in [7, 11) is 0. The third-order valence-electron chi connectivity index (χ3n) is 2.61. The molecule has 0 aliphatic carbocycles. The Labute approximate surface area is 121 Å². The van der Waals surface area contributed by atoms with E-state index in [9.17, 15) is 9.59 Å². The summed E-state index contributed by atoms with van der Waals surface area (Å²) in [5.41, 5.74) is 1.24. The summed E-state index contributed by atoms with van der Waals surface area (Å²) in [6.07, 6.45) is 1.64. The topological polar surface area (TPSA) is 77.3 Å². The largest absolute Gasteiger partial charge is 0.285 e. The summed E-state index contributed by atoms with van der Waals surface area (Å²) in [6.45, 7) is 0.00840. The summed E-state index contributed by atoms with van der Waals surface area (Å²) in [4.78, 5) is 29.2. The molecule has 0 N–H and O–H groups in total. The minimum Gasteiger partial charge on any atom is -0.266 e. The van der Waals surface area contributed by atoms with Crippen LogP contribution in [0, 0.1) is 0 Å². The average molecular weight is 370 g/mol. The van der Waals surface area contributed by atoms with Gasteiger partial charge in [-0.25, -0.2) is 0 Å². The molecule has 1 aromatic carbocycles. The molecule has 0 unspecified atom stereocenters. The van der Waals surface area contributed by atoms with E-state index in [0.29, 0.717) is 16.8 Å². The van der Waals surface area contributed by atoms with E-state index < -0.39 is 11.8 Å². The Hall–Kier alpha value is -1.81. The van der Waals surface area contributed by atoms with Crippen LogP contribution in [0.5, 0.6) is 0 Å². The third-order valence-corrected chi connectivity index (χ3v) is 3.08. The number of aromatic nitrogens is 3. The predicted molar refractivity (Wildman–Crippen MR) is 71.2 cm³/mol. The second kappa shape index (κ2) is 4.70. The number of benzene rings is 1. The normalized spacial score (nSPS) is 14.1. The summed E-state index contributed by atoms with van der Waals surface area (Å²) < 4.78 is 1.48. The Morgan fingerprint density at radius 3 is 2.32 bits per heavy atom. The van der Waals surface area contributed by atoms with Crippen LogP contribution in [-0.2, 0) is 11.4 Å². The van der Waals surface area contributed by atoms with Crippen molar-refractivity contribution in [3.05, 3.63) is 47.3 Å². The number of carbonyl (C=O) groups excluding carboxylic acids is 2. The maximum absolute atomic E-state index is 12.0. The number of carbonyl (C=O) groups is 2. The van der Waals surface area contributed by atoms with Gasteiger partial charge < -0.3 is 0 Å². The average Bonchev–Trinajstić information content (AvgIpc) is 2.93. The molecule has 0 bridgehead atoms. The number of hydrogen-bond donors (Lipinski definition) is 0. The van der Waals surface area contributed by atoms with Crippen LogP contribution in [-0.4, -0.2) is 30.1 Å². The molecule has 1 aromatic heterocycles. The van der Waals surface area contributed by atoms with Crippen molar-refractivity contribution in [3.8, 4) is 0 Å². The highest BCUT2D eigenvalue weighted by atomic mass is 127. The zero-order chi connectivity index (χ0) is 13.4. The van der Waals surface area contributed by atoms with Gasteiger partial charge in [-0.3, -0.25) is 14.4 Å². The molecule has 0 saturated heterocycles. The predicted octanol–water partition coefficient (Wildman–Crippen LogP) is 1.20. The number of fused-ring (bicyclic) bond motifs is 1. The van der Waals surface area contributed by atoms with E-state index in [-0.39, 0.29) is 6.61 Å². The first-order chi connectivity index (χ1) is 9.16. The fourth-order valence-electron chi connectivity index (χ4n) is 1.76. The fraction of sp³-hybridized carbons (Fsp3) is 0.0909. The van der Waals surface area contributed by atoms with E-state index in [1.165, 1.54) is 2.90 Å². The third kappa shape index (κ3) is 2.12. The molecule has 1 aliphatic heterocycles. The van der Waals surface area contributed by atoms with E-state index in [2.05, 4.69) is 10.3 Å². The monoisotopic (exact) mass is 370 g/mol. The molecule has 19 heavy (non-hydrogen) atoms. The Bertz CT molecular complexity index is 634. The van der Waals surface area contributed by atoms with Crippen molar-refractivity contribution >= 4 is 34.7 Å². The van der Waals surface area contributed by atoms with E-state index in [4.69, 9.17) is 4.84 Å². The highest BCUT2D eigenvalue weighted by molar-refractivity contribution is 14.1. The zero-order valence-corrected chi connectivity index (χ0v) is 11.6. The first-order valence-corrected chi connectivity index (χ1v) is 6.31. The first-order valence-electron chi connectivity index (χ1n) is 5.35. The first kappa shape index (κ1) is 12.2. The van der Waals surface area contributed by atoms with E-state index in [1.54, 1.807) is 30.5 Å². The molecule has 0 saturated carbocycles. The molecule has 0 spiro atoms. The molecular weight excluding hydrogens is 363 g/mol. The van der Waals surface area contributed by atoms with Gasteiger partial charge in [0, 0.05) is 0 Å². The van der Waals surface area contributed by atoms with Crippen molar-refractivity contribution in [2.24, 2.45) is 0 Å². The van der Waals surface area contributed by atoms with Crippen molar-refractivity contribution in [3.63, 3.8) is 0 Å². The molecule has 0 radical (unpaired) electrons. The molecule has 2 aromatic rings. The van der Waals surface area contributed by atoms with E-state index >= 15 is 0 Å². The SMILES string of the molecule is O=C1c2ccccc2C(=O)N1OCc1cn(I)nn1. The Morgan fingerprint density at radius 1 is 1.16 bits per heavy atom. The molecule has 2 heterocycles. The lowest BCUT2D eigenvalue weighted by molar-refractivity contribution is -0.102. The minimum atomic E-state index is -0.456. The number of hydrogen-bond acceptors (Lipinski definition) is 5. The van der Waals surface area contributed by atoms with Gasteiger partial charge >= 0.3 is 0 Å².